The molecule has 118 valence electrons. The third-order valence-corrected chi connectivity index (χ3v) is 2.88. The molecule has 0 fully saturated rings. The van der Waals surface area contributed by atoms with Crippen molar-refractivity contribution in [1.82, 2.24) is 20.1 Å². The summed E-state index contributed by atoms with van der Waals surface area (Å²) in [7, 11) is 1.43. The first-order valence-electron chi connectivity index (χ1n) is 5.91. The van der Waals surface area contributed by atoms with Gasteiger partial charge in [0.1, 0.15) is 5.02 Å². The number of hydrogen-bond donors (Lipinski definition) is 1. The first-order valence-corrected chi connectivity index (χ1v) is 6.29. The summed E-state index contributed by atoms with van der Waals surface area (Å²) in [5.74, 6) is -0.258. The Bertz CT molecular complexity index is 715. The lowest BCUT2D eigenvalue weighted by Gasteiger charge is -2.08. The second-order valence-corrected chi connectivity index (χ2v) is 4.61. The maximum atomic E-state index is 12.5. The van der Waals surface area contributed by atoms with Crippen molar-refractivity contribution in [3.05, 3.63) is 34.6 Å². The predicted molar refractivity (Wildman–Crippen MR) is 71.1 cm³/mol. The van der Waals surface area contributed by atoms with Crippen molar-refractivity contribution >= 4 is 17.6 Å². The van der Waals surface area contributed by atoms with Crippen LogP contribution in [0, 0.1) is 6.92 Å². The maximum absolute atomic E-state index is 12.5. The molecule has 0 unspecified atom stereocenters. The highest BCUT2D eigenvalue weighted by molar-refractivity contribution is 6.31. The molecule has 0 spiro atoms. The molecule has 22 heavy (non-hydrogen) atoms. The Morgan fingerprint density at radius 1 is 1.41 bits per heavy atom. The summed E-state index contributed by atoms with van der Waals surface area (Å²) in [6.07, 6.45) is -3.95. The van der Waals surface area contributed by atoms with Gasteiger partial charge < -0.3 is 10.1 Å². The zero-order valence-electron chi connectivity index (χ0n) is 11.4. The van der Waals surface area contributed by atoms with Crippen LogP contribution in [-0.4, -0.2) is 27.8 Å². The number of carbonyl (C=O) groups is 1. The zero-order valence-corrected chi connectivity index (χ0v) is 12.2. The molecule has 2 aromatic heterocycles. The van der Waals surface area contributed by atoms with E-state index in [0.29, 0.717) is 18.0 Å². The quantitative estimate of drug-likeness (QED) is 0.915. The summed E-state index contributed by atoms with van der Waals surface area (Å²) in [4.78, 5) is 15.0. The van der Waals surface area contributed by atoms with E-state index < -0.39 is 17.8 Å². The number of amides is 1. The van der Waals surface area contributed by atoms with E-state index in [1.807, 2.05) is 0 Å². The van der Waals surface area contributed by atoms with Gasteiger partial charge in [-0.2, -0.15) is 17.9 Å². The first kappa shape index (κ1) is 16.1. The SMILES string of the molecule is CNC(=O)n1nc(Oc2ncc(C(F)(F)F)cc2Cl)cc1C. The fourth-order valence-corrected chi connectivity index (χ4v) is 1.77. The number of pyridine rings is 1. The van der Waals surface area contributed by atoms with E-state index in [2.05, 4.69) is 15.4 Å². The monoisotopic (exact) mass is 334 g/mol. The summed E-state index contributed by atoms with van der Waals surface area (Å²) < 4.78 is 43.8. The van der Waals surface area contributed by atoms with Gasteiger partial charge in [-0.15, -0.1) is 5.10 Å². The van der Waals surface area contributed by atoms with Crippen LogP contribution < -0.4 is 10.1 Å². The minimum atomic E-state index is -4.55. The van der Waals surface area contributed by atoms with E-state index in [0.717, 1.165) is 4.68 Å². The highest BCUT2D eigenvalue weighted by Crippen LogP contribution is 2.34. The van der Waals surface area contributed by atoms with Crippen molar-refractivity contribution in [1.29, 1.82) is 0 Å². The van der Waals surface area contributed by atoms with Crippen LogP contribution in [0.1, 0.15) is 11.3 Å². The third-order valence-electron chi connectivity index (χ3n) is 2.61. The average molecular weight is 335 g/mol. The molecule has 6 nitrogen and oxygen atoms in total. The Balaban J connectivity index is 2.26. The molecule has 0 atom stereocenters. The normalized spacial score (nSPS) is 11.4. The molecule has 2 aromatic rings. The van der Waals surface area contributed by atoms with E-state index in [4.69, 9.17) is 16.3 Å². The average Bonchev–Trinajstić information content (AvgIpc) is 2.80. The molecule has 1 amide bonds. The third kappa shape index (κ3) is 3.30. The highest BCUT2D eigenvalue weighted by Gasteiger charge is 2.32. The molecule has 2 rings (SSSR count). The summed E-state index contributed by atoms with van der Waals surface area (Å²) in [6.45, 7) is 1.61. The second kappa shape index (κ2) is 5.84. The van der Waals surface area contributed by atoms with Gasteiger partial charge in [-0.05, 0) is 13.0 Å². The molecule has 10 heteroatoms. The fourth-order valence-electron chi connectivity index (χ4n) is 1.56. The van der Waals surface area contributed by atoms with Crippen LogP contribution in [0.2, 0.25) is 5.02 Å². The van der Waals surface area contributed by atoms with Crippen LogP contribution >= 0.6 is 11.6 Å². The van der Waals surface area contributed by atoms with Gasteiger partial charge in [0, 0.05) is 19.3 Å². The van der Waals surface area contributed by atoms with Crippen LogP contribution in [0.5, 0.6) is 11.8 Å². The number of aromatic nitrogens is 3. The maximum Gasteiger partial charge on any atom is 0.417 e. The van der Waals surface area contributed by atoms with Crippen LogP contribution in [0.4, 0.5) is 18.0 Å². The molecule has 0 saturated heterocycles. The lowest BCUT2D eigenvalue weighted by molar-refractivity contribution is -0.137. The zero-order chi connectivity index (χ0) is 16.5. The largest absolute Gasteiger partial charge is 0.417 e. The van der Waals surface area contributed by atoms with E-state index in [1.165, 1.54) is 13.1 Å². The number of rotatable bonds is 2. The molecule has 0 bridgehead atoms. The Morgan fingerprint density at radius 3 is 2.64 bits per heavy atom. The number of carbonyl (C=O) groups excluding carboxylic acids is 1. The summed E-state index contributed by atoms with van der Waals surface area (Å²) >= 11 is 5.72. The first-order chi connectivity index (χ1) is 10.2. The number of ether oxygens (including phenoxy) is 1. The van der Waals surface area contributed by atoms with Crippen LogP contribution in [-0.2, 0) is 6.18 Å². The molecule has 1 N–H and O–H groups in total. The van der Waals surface area contributed by atoms with Crippen molar-refractivity contribution in [2.75, 3.05) is 7.05 Å². The molecule has 2 heterocycles. The smallest absolute Gasteiger partial charge is 0.417 e. The Kier molecular flexibility index (Phi) is 4.27. The van der Waals surface area contributed by atoms with Gasteiger partial charge in [0.05, 0.1) is 11.3 Å². The van der Waals surface area contributed by atoms with Crippen LogP contribution in [0.15, 0.2) is 18.3 Å². The van der Waals surface area contributed by atoms with Gasteiger partial charge in [0.2, 0.25) is 11.8 Å². The molecule has 0 radical (unpaired) electrons. The second-order valence-electron chi connectivity index (χ2n) is 4.20. The molecule has 0 saturated carbocycles. The molecular weight excluding hydrogens is 325 g/mol. The Hall–Kier alpha value is -2.29. The van der Waals surface area contributed by atoms with Crippen molar-refractivity contribution in [3.63, 3.8) is 0 Å². The molecular formula is C12H10ClF3N4O2. The standard InChI is InChI=1S/C12H10ClF3N4O2/c1-6-3-9(19-20(6)11(21)17-2)22-10-8(13)4-7(5-18-10)12(14,15)16/h3-5H,1-2H3,(H,17,21). The predicted octanol–water partition coefficient (Wildman–Crippen LogP) is 3.24. The van der Waals surface area contributed by atoms with Gasteiger partial charge in [-0.25, -0.2) is 9.78 Å². The van der Waals surface area contributed by atoms with Gasteiger partial charge in [-0.1, -0.05) is 11.6 Å². The molecule has 0 aliphatic rings. The minimum absolute atomic E-state index is 0.0183. The fraction of sp³-hybridized carbons (Fsp3) is 0.250. The lowest BCUT2D eigenvalue weighted by atomic mass is 10.3. The van der Waals surface area contributed by atoms with E-state index in [9.17, 15) is 18.0 Å². The van der Waals surface area contributed by atoms with Crippen molar-refractivity contribution in [2.24, 2.45) is 0 Å². The van der Waals surface area contributed by atoms with Crippen molar-refractivity contribution in [3.8, 4) is 11.8 Å². The number of alkyl halides is 3. The topological polar surface area (TPSA) is 69.0 Å². The lowest BCUT2D eigenvalue weighted by Crippen LogP contribution is -2.26. The van der Waals surface area contributed by atoms with Gasteiger partial charge in [-0.3, -0.25) is 0 Å². The van der Waals surface area contributed by atoms with Gasteiger partial charge in [0.15, 0.2) is 0 Å². The van der Waals surface area contributed by atoms with E-state index >= 15 is 0 Å². The van der Waals surface area contributed by atoms with E-state index in [-0.39, 0.29) is 16.8 Å². The van der Waals surface area contributed by atoms with E-state index in [1.54, 1.807) is 6.92 Å². The van der Waals surface area contributed by atoms with Crippen molar-refractivity contribution < 1.29 is 22.7 Å². The van der Waals surface area contributed by atoms with Gasteiger partial charge >= 0.3 is 12.2 Å². The molecule has 0 aliphatic heterocycles. The molecule has 0 aliphatic carbocycles. The minimum Gasteiger partial charge on any atom is -0.417 e. The Morgan fingerprint density at radius 2 is 2.09 bits per heavy atom. The number of halogens is 4. The summed E-state index contributed by atoms with van der Waals surface area (Å²) in [6, 6.07) is 1.64. The Labute approximate surface area is 127 Å². The van der Waals surface area contributed by atoms with Crippen molar-refractivity contribution in [2.45, 2.75) is 13.1 Å². The van der Waals surface area contributed by atoms with Crippen LogP contribution in [0.3, 0.4) is 0 Å². The number of aryl methyl sites for hydroxylation is 1. The molecule has 0 aromatic carbocycles. The van der Waals surface area contributed by atoms with Crippen LogP contribution in [0.25, 0.3) is 0 Å². The number of nitrogens with one attached hydrogen (secondary N) is 1. The summed E-state index contributed by atoms with van der Waals surface area (Å²) in [5, 5.41) is 5.91. The number of hydrogen-bond acceptors (Lipinski definition) is 4. The van der Waals surface area contributed by atoms with Gasteiger partial charge in [0.25, 0.3) is 0 Å². The summed E-state index contributed by atoms with van der Waals surface area (Å²) in [5.41, 5.74) is -0.519. The highest BCUT2D eigenvalue weighted by atomic mass is 35.5. The number of nitrogens with zero attached hydrogens (tertiary/aromatic N) is 3.